The van der Waals surface area contributed by atoms with E-state index in [1.165, 1.54) is 0 Å². The standard InChI is InChI=1S/C6H5BF2O2.K.H/c8-5-2-1-4(7(10)11)3-6(5)9;;/h1-3,10-11H;;. The quantitative estimate of drug-likeness (QED) is 0.568. The van der Waals surface area contributed by atoms with Crippen LogP contribution in [0.5, 0.6) is 0 Å². The van der Waals surface area contributed by atoms with Crippen LogP contribution in [-0.4, -0.2) is 68.6 Å². The number of halogens is 2. The number of benzene rings is 1. The normalized spacial score (nSPS) is 9.00. The topological polar surface area (TPSA) is 40.5 Å². The first kappa shape index (κ1) is 12.7. The fourth-order valence-electron chi connectivity index (χ4n) is 0.673. The Kier molecular flexibility index (Phi) is 5.75. The van der Waals surface area contributed by atoms with E-state index in [9.17, 15) is 8.78 Å². The molecular formula is C6H6BF2KO2. The molecule has 2 N–H and O–H groups in total. The van der Waals surface area contributed by atoms with Crippen LogP contribution < -0.4 is 5.46 Å². The van der Waals surface area contributed by atoms with Crippen molar-refractivity contribution in [3.05, 3.63) is 29.8 Å². The maximum absolute atomic E-state index is 12.3. The molecule has 0 saturated carbocycles. The van der Waals surface area contributed by atoms with E-state index in [1.54, 1.807) is 0 Å². The Balaban J connectivity index is 0.00000121. The zero-order chi connectivity index (χ0) is 8.43. The van der Waals surface area contributed by atoms with Crippen molar-refractivity contribution in [2.45, 2.75) is 0 Å². The third-order valence-electron chi connectivity index (χ3n) is 1.24. The van der Waals surface area contributed by atoms with Crippen molar-refractivity contribution < 1.29 is 18.8 Å². The Morgan fingerprint density at radius 2 is 1.67 bits per heavy atom. The molecule has 0 heterocycles. The van der Waals surface area contributed by atoms with Crippen LogP contribution in [0.3, 0.4) is 0 Å². The van der Waals surface area contributed by atoms with Gasteiger partial charge in [0.1, 0.15) is 0 Å². The molecule has 0 atom stereocenters. The molecule has 0 radical (unpaired) electrons. The third-order valence-corrected chi connectivity index (χ3v) is 1.24. The van der Waals surface area contributed by atoms with Crippen molar-refractivity contribution in [1.82, 2.24) is 0 Å². The number of hydrogen-bond acceptors (Lipinski definition) is 2. The fraction of sp³-hybridized carbons (Fsp3) is 0. The third kappa shape index (κ3) is 3.21. The van der Waals surface area contributed by atoms with Crippen molar-refractivity contribution in [2.75, 3.05) is 0 Å². The molecule has 0 spiro atoms. The second kappa shape index (κ2) is 5.44. The van der Waals surface area contributed by atoms with E-state index in [2.05, 4.69) is 0 Å². The van der Waals surface area contributed by atoms with E-state index in [1.807, 2.05) is 0 Å². The summed E-state index contributed by atoms with van der Waals surface area (Å²) in [6.07, 6.45) is 0. The van der Waals surface area contributed by atoms with Gasteiger partial charge in [-0.15, -0.1) is 0 Å². The van der Waals surface area contributed by atoms with E-state index >= 15 is 0 Å². The minimum atomic E-state index is -1.76. The molecule has 1 rings (SSSR count). The molecule has 12 heavy (non-hydrogen) atoms. The molecule has 0 aliphatic rings. The zero-order valence-electron chi connectivity index (χ0n) is 5.46. The summed E-state index contributed by atoms with van der Waals surface area (Å²) in [5, 5.41) is 17.0. The van der Waals surface area contributed by atoms with Crippen molar-refractivity contribution >= 4 is 64.0 Å². The van der Waals surface area contributed by atoms with Crippen LogP contribution in [0.2, 0.25) is 0 Å². The molecule has 0 amide bonds. The Bertz CT molecular complexity index is 270. The van der Waals surface area contributed by atoms with Gasteiger partial charge in [0.15, 0.2) is 11.6 Å². The zero-order valence-corrected chi connectivity index (χ0v) is 5.46. The van der Waals surface area contributed by atoms with E-state index in [-0.39, 0.29) is 56.8 Å². The minimum absolute atomic E-state index is 0. The summed E-state index contributed by atoms with van der Waals surface area (Å²) in [5.41, 5.74) is -0.0658. The van der Waals surface area contributed by atoms with Gasteiger partial charge in [0, 0.05) is 0 Å². The summed E-state index contributed by atoms with van der Waals surface area (Å²) in [6.45, 7) is 0. The van der Waals surface area contributed by atoms with Crippen molar-refractivity contribution in [1.29, 1.82) is 0 Å². The average molecular weight is 198 g/mol. The molecule has 0 aromatic heterocycles. The van der Waals surface area contributed by atoms with Gasteiger partial charge in [0.05, 0.1) is 0 Å². The van der Waals surface area contributed by atoms with Crippen LogP contribution in [0.15, 0.2) is 18.2 Å². The van der Waals surface area contributed by atoms with Crippen molar-refractivity contribution in [3.8, 4) is 0 Å². The second-order valence-electron chi connectivity index (χ2n) is 2.05. The first-order valence-electron chi connectivity index (χ1n) is 2.92. The predicted octanol–water partition coefficient (Wildman–Crippen LogP) is -1.00. The Hall–Kier alpha value is 0.701. The number of rotatable bonds is 1. The molecule has 0 unspecified atom stereocenters. The van der Waals surface area contributed by atoms with Gasteiger partial charge in [-0.05, 0) is 17.6 Å². The Labute approximate surface area is 111 Å². The number of hydrogen-bond donors (Lipinski definition) is 2. The van der Waals surface area contributed by atoms with Gasteiger partial charge >= 0.3 is 58.5 Å². The van der Waals surface area contributed by atoms with Gasteiger partial charge in [0.2, 0.25) is 0 Å². The maximum atomic E-state index is 12.3. The summed E-state index contributed by atoms with van der Waals surface area (Å²) in [6, 6.07) is 2.67. The van der Waals surface area contributed by atoms with Crippen molar-refractivity contribution in [3.63, 3.8) is 0 Å². The SMILES string of the molecule is OB(O)c1ccc(F)c(F)c1.[KH]. The molecule has 0 bridgehead atoms. The van der Waals surface area contributed by atoms with Gasteiger partial charge in [-0.25, -0.2) is 8.78 Å². The first-order valence-corrected chi connectivity index (χ1v) is 2.92. The molecular weight excluding hydrogens is 192 g/mol. The van der Waals surface area contributed by atoms with E-state index in [0.717, 1.165) is 18.2 Å². The van der Waals surface area contributed by atoms with E-state index in [0.29, 0.717) is 0 Å². The molecule has 1 aromatic rings. The summed E-state index contributed by atoms with van der Waals surface area (Å²) >= 11 is 0. The first-order chi connectivity index (χ1) is 5.11. The molecule has 0 aliphatic heterocycles. The van der Waals surface area contributed by atoms with Crippen molar-refractivity contribution in [2.24, 2.45) is 0 Å². The van der Waals surface area contributed by atoms with Gasteiger partial charge in [-0.3, -0.25) is 0 Å². The van der Waals surface area contributed by atoms with Gasteiger partial charge in [0.25, 0.3) is 0 Å². The van der Waals surface area contributed by atoms with Gasteiger partial charge < -0.3 is 10.0 Å². The Morgan fingerprint density at radius 1 is 1.08 bits per heavy atom. The molecule has 0 fully saturated rings. The Morgan fingerprint density at radius 3 is 2.08 bits per heavy atom. The molecule has 2 nitrogen and oxygen atoms in total. The van der Waals surface area contributed by atoms with Crippen LogP contribution >= 0.6 is 0 Å². The van der Waals surface area contributed by atoms with Crippen LogP contribution in [0, 0.1) is 11.6 Å². The molecule has 0 aliphatic carbocycles. The van der Waals surface area contributed by atoms with Gasteiger partial charge in [-0.2, -0.15) is 0 Å². The van der Waals surface area contributed by atoms with E-state index in [4.69, 9.17) is 10.0 Å². The summed E-state index contributed by atoms with van der Waals surface area (Å²) in [4.78, 5) is 0. The van der Waals surface area contributed by atoms with Crippen LogP contribution in [0.25, 0.3) is 0 Å². The van der Waals surface area contributed by atoms with Crippen LogP contribution in [0.4, 0.5) is 8.78 Å². The summed E-state index contributed by atoms with van der Waals surface area (Å²) in [5.74, 6) is -2.09. The monoisotopic (exact) mass is 198 g/mol. The molecule has 60 valence electrons. The second-order valence-corrected chi connectivity index (χ2v) is 2.05. The summed E-state index contributed by atoms with van der Waals surface area (Å²) < 4.78 is 24.6. The molecule has 0 saturated heterocycles. The van der Waals surface area contributed by atoms with E-state index < -0.39 is 18.8 Å². The van der Waals surface area contributed by atoms with Gasteiger partial charge in [-0.1, -0.05) is 6.07 Å². The van der Waals surface area contributed by atoms with Crippen LogP contribution in [0.1, 0.15) is 0 Å². The fourth-order valence-corrected chi connectivity index (χ4v) is 0.673. The average Bonchev–Trinajstić information content (AvgIpc) is 1.94. The molecule has 6 heteroatoms. The van der Waals surface area contributed by atoms with Crippen LogP contribution in [-0.2, 0) is 0 Å². The molecule has 1 aromatic carbocycles. The predicted molar refractivity (Wildman–Crippen MR) is 43.3 cm³/mol. The summed E-state index contributed by atoms with van der Waals surface area (Å²) in [7, 11) is -1.76.